The van der Waals surface area contributed by atoms with E-state index in [1.54, 1.807) is 20.8 Å². The minimum Gasteiger partial charge on any atom is -0.497 e. The highest BCUT2D eigenvalue weighted by Gasteiger charge is 2.28. The second-order valence-electron chi connectivity index (χ2n) is 6.47. The number of carbonyl (C=O) groups excluding carboxylic acids is 1. The highest BCUT2D eigenvalue weighted by atomic mass is 32.2. The first-order valence-electron chi connectivity index (χ1n) is 8.22. The molecule has 9 heteroatoms. The predicted molar refractivity (Wildman–Crippen MR) is 96.4 cm³/mol. The summed E-state index contributed by atoms with van der Waals surface area (Å²) in [7, 11) is -2.41. The number of hydrogen-bond donors (Lipinski definition) is 3. The molecular formula is C17H26N2O6S. The number of benzene rings is 1. The van der Waals surface area contributed by atoms with Gasteiger partial charge in [0.25, 0.3) is 0 Å². The summed E-state index contributed by atoms with van der Waals surface area (Å²) >= 11 is 0. The number of carboxylic acid groups (broad SMARTS) is 1. The van der Waals surface area contributed by atoms with E-state index >= 15 is 0 Å². The zero-order chi connectivity index (χ0) is 19.9. The Morgan fingerprint density at radius 2 is 1.73 bits per heavy atom. The number of hydrogen-bond acceptors (Lipinski definition) is 5. The van der Waals surface area contributed by atoms with Gasteiger partial charge in [-0.2, -0.15) is 4.72 Å². The molecule has 1 aromatic carbocycles. The maximum Gasteiger partial charge on any atom is 0.303 e. The van der Waals surface area contributed by atoms with Crippen LogP contribution in [0.3, 0.4) is 0 Å². The smallest absolute Gasteiger partial charge is 0.303 e. The second kappa shape index (κ2) is 9.54. The van der Waals surface area contributed by atoms with Crippen molar-refractivity contribution in [3.63, 3.8) is 0 Å². The Morgan fingerprint density at radius 1 is 1.15 bits per heavy atom. The third kappa shape index (κ3) is 6.64. The normalized spacial score (nSPS) is 13.9. The molecule has 2 unspecified atom stereocenters. The number of carboxylic acids is 1. The van der Waals surface area contributed by atoms with Gasteiger partial charge in [-0.1, -0.05) is 20.8 Å². The number of sulfonamides is 1. The molecule has 1 aromatic rings. The van der Waals surface area contributed by atoms with E-state index in [1.807, 2.05) is 0 Å². The van der Waals surface area contributed by atoms with Crippen LogP contribution in [0.15, 0.2) is 29.2 Å². The summed E-state index contributed by atoms with van der Waals surface area (Å²) in [6.45, 7) is 5.29. The van der Waals surface area contributed by atoms with Crippen LogP contribution in [0.2, 0.25) is 0 Å². The SMILES string of the molecule is COc1ccc(S(=O)(=O)NC(C(=O)NCC(C)CC(=O)O)C(C)C)cc1. The van der Waals surface area contributed by atoms with E-state index in [2.05, 4.69) is 10.0 Å². The molecule has 0 heterocycles. The van der Waals surface area contributed by atoms with Crippen LogP contribution in [0.4, 0.5) is 0 Å². The molecule has 0 saturated heterocycles. The highest BCUT2D eigenvalue weighted by molar-refractivity contribution is 7.89. The molecule has 1 rings (SSSR count). The molecule has 0 aromatic heterocycles. The lowest BCUT2D eigenvalue weighted by Crippen LogP contribution is -2.50. The zero-order valence-corrected chi connectivity index (χ0v) is 16.2. The first-order chi connectivity index (χ1) is 12.1. The fourth-order valence-corrected chi connectivity index (χ4v) is 3.58. The summed E-state index contributed by atoms with van der Waals surface area (Å²) in [6.07, 6.45) is -0.0792. The van der Waals surface area contributed by atoms with Crippen molar-refractivity contribution < 1.29 is 27.9 Å². The van der Waals surface area contributed by atoms with Crippen molar-refractivity contribution in [2.24, 2.45) is 11.8 Å². The lowest BCUT2D eigenvalue weighted by molar-refractivity contribution is -0.138. The molecule has 3 N–H and O–H groups in total. The van der Waals surface area contributed by atoms with Gasteiger partial charge >= 0.3 is 5.97 Å². The van der Waals surface area contributed by atoms with E-state index in [-0.39, 0.29) is 29.7 Å². The molecule has 1 amide bonds. The number of amides is 1. The molecule has 0 aliphatic carbocycles. The van der Waals surface area contributed by atoms with Crippen molar-refractivity contribution in [2.75, 3.05) is 13.7 Å². The summed E-state index contributed by atoms with van der Waals surface area (Å²) in [5, 5.41) is 11.4. The Morgan fingerprint density at radius 3 is 2.19 bits per heavy atom. The van der Waals surface area contributed by atoms with Crippen LogP contribution in [0.25, 0.3) is 0 Å². The molecule has 0 aliphatic heterocycles. The topological polar surface area (TPSA) is 122 Å². The van der Waals surface area contributed by atoms with E-state index in [0.29, 0.717) is 5.75 Å². The standard InChI is InChI=1S/C17H26N2O6S/c1-11(2)16(17(22)18-10-12(3)9-15(20)21)19-26(23,24)14-7-5-13(25-4)6-8-14/h5-8,11-12,16,19H,9-10H2,1-4H3,(H,18,22)(H,20,21). The minimum absolute atomic E-state index is 0.0241. The van der Waals surface area contributed by atoms with Gasteiger partial charge in [0.05, 0.1) is 12.0 Å². The molecule has 8 nitrogen and oxygen atoms in total. The summed E-state index contributed by atoms with van der Waals surface area (Å²) in [6, 6.07) is 4.86. The largest absolute Gasteiger partial charge is 0.497 e. The number of methoxy groups -OCH3 is 1. The van der Waals surface area contributed by atoms with Gasteiger partial charge in [0.15, 0.2) is 0 Å². The fourth-order valence-electron chi connectivity index (χ4n) is 2.24. The van der Waals surface area contributed by atoms with E-state index in [4.69, 9.17) is 9.84 Å². The van der Waals surface area contributed by atoms with Crippen LogP contribution in [0.5, 0.6) is 5.75 Å². The molecule has 2 atom stereocenters. The molecule has 0 fully saturated rings. The predicted octanol–water partition coefficient (Wildman–Crippen LogP) is 1.23. The number of carbonyl (C=O) groups is 2. The van der Waals surface area contributed by atoms with Crippen LogP contribution in [-0.4, -0.2) is 45.1 Å². The summed E-state index contributed by atoms with van der Waals surface area (Å²) in [5.74, 6) is -1.48. The van der Waals surface area contributed by atoms with Gasteiger partial charge in [-0.25, -0.2) is 8.42 Å². The Bertz CT molecular complexity index is 715. The van der Waals surface area contributed by atoms with Crippen molar-refractivity contribution in [3.05, 3.63) is 24.3 Å². The van der Waals surface area contributed by atoms with E-state index < -0.39 is 27.9 Å². The second-order valence-corrected chi connectivity index (χ2v) is 8.18. The van der Waals surface area contributed by atoms with Crippen molar-refractivity contribution in [3.8, 4) is 5.75 Å². The van der Waals surface area contributed by atoms with Crippen molar-refractivity contribution in [1.29, 1.82) is 0 Å². The zero-order valence-electron chi connectivity index (χ0n) is 15.4. The first-order valence-corrected chi connectivity index (χ1v) is 9.71. The number of ether oxygens (including phenoxy) is 1. The van der Waals surface area contributed by atoms with Crippen LogP contribution in [0.1, 0.15) is 27.2 Å². The van der Waals surface area contributed by atoms with Crippen molar-refractivity contribution in [1.82, 2.24) is 10.0 Å². The summed E-state index contributed by atoms with van der Waals surface area (Å²) in [5.41, 5.74) is 0. The molecule has 26 heavy (non-hydrogen) atoms. The molecule has 0 aliphatic rings. The number of nitrogens with one attached hydrogen (secondary N) is 2. The Kier molecular flexibility index (Phi) is 8.04. The molecular weight excluding hydrogens is 360 g/mol. The van der Waals surface area contributed by atoms with Crippen molar-refractivity contribution in [2.45, 2.75) is 38.1 Å². The lowest BCUT2D eigenvalue weighted by Gasteiger charge is -2.22. The van der Waals surface area contributed by atoms with Gasteiger partial charge < -0.3 is 15.2 Å². The van der Waals surface area contributed by atoms with Crippen LogP contribution < -0.4 is 14.8 Å². The third-order valence-electron chi connectivity index (χ3n) is 3.75. The van der Waals surface area contributed by atoms with Crippen LogP contribution in [-0.2, 0) is 19.6 Å². The summed E-state index contributed by atoms with van der Waals surface area (Å²) in [4.78, 5) is 23.1. The number of aliphatic carboxylic acids is 1. The molecule has 146 valence electrons. The van der Waals surface area contributed by atoms with Gasteiger partial charge in [-0.3, -0.25) is 9.59 Å². The van der Waals surface area contributed by atoms with Gasteiger partial charge in [-0.15, -0.1) is 0 Å². The maximum absolute atomic E-state index is 12.5. The Hall–Kier alpha value is -2.13. The van der Waals surface area contributed by atoms with E-state index in [0.717, 1.165) is 0 Å². The average molecular weight is 386 g/mol. The molecule has 0 bridgehead atoms. The van der Waals surface area contributed by atoms with Gasteiger partial charge in [0, 0.05) is 13.0 Å². The van der Waals surface area contributed by atoms with Gasteiger partial charge in [0.2, 0.25) is 15.9 Å². The monoisotopic (exact) mass is 386 g/mol. The van der Waals surface area contributed by atoms with Crippen LogP contribution in [0, 0.1) is 11.8 Å². The lowest BCUT2D eigenvalue weighted by atomic mass is 10.0. The highest BCUT2D eigenvalue weighted by Crippen LogP contribution is 2.17. The van der Waals surface area contributed by atoms with Gasteiger partial charge in [0.1, 0.15) is 11.8 Å². The van der Waals surface area contributed by atoms with E-state index in [9.17, 15) is 18.0 Å². The van der Waals surface area contributed by atoms with Gasteiger partial charge in [-0.05, 0) is 36.1 Å². The number of rotatable bonds is 10. The average Bonchev–Trinajstić information content (AvgIpc) is 2.56. The molecule has 0 saturated carbocycles. The maximum atomic E-state index is 12.5. The summed E-state index contributed by atoms with van der Waals surface area (Å²) < 4.78 is 32.5. The minimum atomic E-state index is -3.89. The first kappa shape index (κ1) is 21.9. The van der Waals surface area contributed by atoms with Crippen LogP contribution >= 0.6 is 0 Å². The molecule has 0 radical (unpaired) electrons. The molecule has 0 spiro atoms. The fraction of sp³-hybridized carbons (Fsp3) is 0.529. The quantitative estimate of drug-likeness (QED) is 0.556. The van der Waals surface area contributed by atoms with Crippen molar-refractivity contribution >= 4 is 21.9 Å². The third-order valence-corrected chi connectivity index (χ3v) is 5.21. The Balaban J connectivity index is 2.82. The van der Waals surface area contributed by atoms with E-state index in [1.165, 1.54) is 31.4 Å². The Labute approximate surface area is 154 Å².